The van der Waals surface area contributed by atoms with Crippen LogP contribution in [-0.4, -0.2) is 13.1 Å². The molecule has 2 heteroatoms. The van der Waals surface area contributed by atoms with Crippen molar-refractivity contribution in [1.82, 2.24) is 0 Å². The van der Waals surface area contributed by atoms with Crippen molar-refractivity contribution in [2.75, 3.05) is 0 Å². The van der Waals surface area contributed by atoms with E-state index in [0.29, 0.717) is 5.41 Å². The average Bonchev–Trinajstić information content (AvgIpc) is 1.85. The van der Waals surface area contributed by atoms with Gasteiger partial charge in [0.05, 0.1) is 7.85 Å². The van der Waals surface area contributed by atoms with E-state index in [0.717, 1.165) is 6.32 Å². The molecule has 0 amide bonds. The summed E-state index contributed by atoms with van der Waals surface area (Å²) in [7, 11) is 9.30. The van der Waals surface area contributed by atoms with Gasteiger partial charge >= 0.3 is 0 Å². The average molecular weight is 166 g/mol. The maximum atomic E-state index is 5.72. The highest BCUT2D eigenvalue weighted by Crippen LogP contribution is 2.53. The lowest BCUT2D eigenvalue weighted by Gasteiger charge is -2.52. The number of rotatable bonds is 2. The Kier molecular flexibility index (Phi) is 2.23. The maximum absolute atomic E-state index is 5.72. The molecule has 1 fully saturated rings. The predicted octanol–water partition coefficient (Wildman–Crippen LogP) is 2.71. The Labute approximate surface area is 73.4 Å². The van der Waals surface area contributed by atoms with Crippen LogP contribution in [0.1, 0.15) is 33.6 Å². The highest BCUT2D eigenvalue weighted by atomic mass is 31.0. The van der Waals surface area contributed by atoms with Gasteiger partial charge in [-0.05, 0) is 29.0 Å². The van der Waals surface area contributed by atoms with Gasteiger partial charge in [0.2, 0.25) is 0 Å². The lowest BCUT2D eigenvalue weighted by Crippen LogP contribution is -2.45. The van der Waals surface area contributed by atoms with Crippen LogP contribution in [0, 0.1) is 10.8 Å². The summed E-state index contributed by atoms with van der Waals surface area (Å²) in [4.78, 5) is 0. The standard InChI is InChI=1S/C9H16BP/c1-8(2,6-10)9(3)4-7(11)5-9/h11H,4-6H2,1-3H3. The highest BCUT2D eigenvalue weighted by Gasteiger charge is 2.45. The normalized spacial score (nSPS) is 31.7. The molecule has 60 valence electrons. The third-order valence-electron chi connectivity index (χ3n) is 3.35. The maximum Gasteiger partial charge on any atom is 0.0660 e. The fourth-order valence-electron chi connectivity index (χ4n) is 1.62. The first-order chi connectivity index (χ1) is 4.91. The summed E-state index contributed by atoms with van der Waals surface area (Å²) in [5.41, 5.74) is 0.710. The van der Waals surface area contributed by atoms with E-state index in [1.165, 1.54) is 18.1 Å². The van der Waals surface area contributed by atoms with E-state index in [4.69, 9.17) is 7.85 Å². The molecule has 0 saturated heterocycles. The van der Waals surface area contributed by atoms with Crippen LogP contribution < -0.4 is 0 Å². The zero-order chi connectivity index (χ0) is 8.70. The van der Waals surface area contributed by atoms with Crippen molar-refractivity contribution in [1.29, 1.82) is 0 Å². The molecular weight excluding hydrogens is 150 g/mol. The Morgan fingerprint density at radius 2 is 2.00 bits per heavy atom. The summed E-state index contributed by atoms with van der Waals surface area (Å²) in [5, 5.41) is 1.44. The van der Waals surface area contributed by atoms with E-state index in [1.54, 1.807) is 0 Å². The summed E-state index contributed by atoms with van der Waals surface area (Å²) >= 11 is 0. The van der Waals surface area contributed by atoms with E-state index in [9.17, 15) is 0 Å². The number of hydrogen-bond acceptors (Lipinski definition) is 0. The van der Waals surface area contributed by atoms with Gasteiger partial charge in [-0.2, -0.15) is 0 Å². The molecule has 0 aromatic carbocycles. The van der Waals surface area contributed by atoms with Crippen LogP contribution in [0.15, 0.2) is 0 Å². The van der Waals surface area contributed by atoms with Gasteiger partial charge in [-0.3, -0.25) is 0 Å². The van der Waals surface area contributed by atoms with Crippen LogP contribution >= 0.6 is 8.86 Å². The van der Waals surface area contributed by atoms with Crippen LogP contribution in [-0.2, 0) is 0 Å². The van der Waals surface area contributed by atoms with Gasteiger partial charge in [-0.15, -0.1) is 8.86 Å². The third-order valence-corrected chi connectivity index (χ3v) is 3.70. The van der Waals surface area contributed by atoms with Crippen molar-refractivity contribution in [3.63, 3.8) is 0 Å². The largest absolute Gasteiger partial charge is 0.123 e. The van der Waals surface area contributed by atoms with Crippen LogP contribution in [0.5, 0.6) is 0 Å². The molecule has 0 N–H and O–H groups in total. The molecule has 1 rings (SSSR count). The second-order valence-electron chi connectivity index (χ2n) is 4.61. The van der Waals surface area contributed by atoms with E-state index < -0.39 is 0 Å². The highest BCUT2D eigenvalue weighted by molar-refractivity contribution is 7.21. The molecule has 1 aliphatic carbocycles. The summed E-state index contributed by atoms with van der Waals surface area (Å²) in [6.45, 7) is 6.83. The van der Waals surface area contributed by atoms with Crippen molar-refractivity contribution in [2.45, 2.75) is 39.9 Å². The Bertz CT molecular complexity index is 176. The fraction of sp³-hybridized carbons (Fsp3) is 0.889. The molecular formula is C9H16BP. The van der Waals surface area contributed by atoms with Crippen LogP contribution in [0.2, 0.25) is 6.32 Å². The zero-order valence-corrected chi connectivity index (χ0v) is 8.70. The molecule has 0 aromatic rings. The third kappa shape index (κ3) is 1.40. The second-order valence-corrected chi connectivity index (χ2v) is 5.31. The summed E-state index contributed by atoms with van der Waals surface area (Å²) < 4.78 is 0. The first-order valence-electron chi connectivity index (χ1n) is 4.18. The van der Waals surface area contributed by atoms with E-state index in [2.05, 4.69) is 29.6 Å². The quantitative estimate of drug-likeness (QED) is 0.437. The van der Waals surface area contributed by atoms with Crippen molar-refractivity contribution < 1.29 is 0 Å². The molecule has 0 atom stereocenters. The zero-order valence-electron chi connectivity index (χ0n) is 7.70. The molecule has 11 heavy (non-hydrogen) atoms. The van der Waals surface area contributed by atoms with E-state index >= 15 is 0 Å². The van der Waals surface area contributed by atoms with Gasteiger partial charge in [-0.25, -0.2) is 0 Å². The lowest BCUT2D eigenvalue weighted by atomic mass is 9.52. The molecule has 0 aromatic heterocycles. The molecule has 0 aliphatic heterocycles. The topological polar surface area (TPSA) is 0 Å². The molecule has 0 unspecified atom stereocenters. The molecule has 1 aliphatic rings. The molecule has 0 heterocycles. The van der Waals surface area contributed by atoms with Gasteiger partial charge in [-0.1, -0.05) is 27.1 Å². The van der Waals surface area contributed by atoms with Gasteiger partial charge in [0, 0.05) is 0 Å². The smallest absolute Gasteiger partial charge is 0.0660 e. The van der Waals surface area contributed by atoms with Crippen molar-refractivity contribution in [3.05, 3.63) is 0 Å². The van der Waals surface area contributed by atoms with E-state index in [-0.39, 0.29) is 5.41 Å². The van der Waals surface area contributed by atoms with Crippen molar-refractivity contribution in [2.24, 2.45) is 10.8 Å². The van der Waals surface area contributed by atoms with Gasteiger partial charge < -0.3 is 0 Å². The van der Waals surface area contributed by atoms with E-state index in [1.807, 2.05) is 0 Å². The Hall–Kier alpha value is 0.235. The predicted molar refractivity (Wildman–Crippen MR) is 55.0 cm³/mol. The van der Waals surface area contributed by atoms with Gasteiger partial charge in [0.25, 0.3) is 0 Å². The van der Waals surface area contributed by atoms with Crippen LogP contribution in [0.4, 0.5) is 0 Å². The molecule has 0 bridgehead atoms. The second kappa shape index (κ2) is 2.63. The fourth-order valence-corrected chi connectivity index (χ4v) is 2.40. The Balaban J connectivity index is 2.67. The number of hydrogen-bond donors (Lipinski definition) is 0. The minimum absolute atomic E-state index is 0.281. The molecule has 0 nitrogen and oxygen atoms in total. The summed E-state index contributed by atoms with van der Waals surface area (Å²) in [6, 6.07) is 0. The first-order valence-corrected chi connectivity index (χ1v) is 4.68. The van der Waals surface area contributed by atoms with Gasteiger partial charge in [0.15, 0.2) is 0 Å². The monoisotopic (exact) mass is 166 g/mol. The van der Waals surface area contributed by atoms with Crippen molar-refractivity contribution >= 4 is 22.0 Å². The summed E-state index contributed by atoms with van der Waals surface area (Å²) in [5.74, 6) is 0. The minimum Gasteiger partial charge on any atom is -0.123 e. The van der Waals surface area contributed by atoms with Crippen LogP contribution in [0.25, 0.3) is 0 Å². The SMILES string of the molecule is [B]CC(C)(C)C1(C)CC(=P)C1. The van der Waals surface area contributed by atoms with Crippen molar-refractivity contribution in [3.8, 4) is 0 Å². The Morgan fingerprint density at radius 1 is 1.55 bits per heavy atom. The molecule has 2 radical (unpaired) electrons. The van der Waals surface area contributed by atoms with Gasteiger partial charge in [0.1, 0.15) is 0 Å². The van der Waals surface area contributed by atoms with Crippen LogP contribution in [0.3, 0.4) is 0 Å². The minimum atomic E-state index is 0.281. The Morgan fingerprint density at radius 3 is 2.27 bits per heavy atom. The lowest BCUT2D eigenvalue weighted by molar-refractivity contribution is 0.0985. The molecule has 0 spiro atoms. The summed E-state index contributed by atoms with van der Waals surface area (Å²) in [6.07, 6.45) is 3.16. The first kappa shape index (κ1) is 9.32. The molecule has 1 saturated carbocycles.